The topological polar surface area (TPSA) is 59.8 Å². The minimum atomic E-state index is -0.308. The molecule has 0 aliphatic rings. The standard InChI is InChI=1S/C17H24N2O3S/c1-10(2)7-18-14(20)6-13-9-23-16-15(12(5)8-19(13)16)17(21)22-11(3)4/h8-11H,6-7H2,1-5H3,(H,18,20). The van der Waals surface area contributed by atoms with E-state index >= 15 is 0 Å². The zero-order valence-electron chi connectivity index (χ0n) is 14.3. The Labute approximate surface area is 140 Å². The normalized spacial score (nSPS) is 11.4. The predicted octanol–water partition coefficient (Wildman–Crippen LogP) is 3.19. The molecule has 0 radical (unpaired) electrons. The van der Waals surface area contributed by atoms with Crippen LogP contribution in [0.2, 0.25) is 0 Å². The number of aromatic nitrogens is 1. The number of esters is 1. The number of hydrogen-bond acceptors (Lipinski definition) is 4. The van der Waals surface area contributed by atoms with E-state index in [1.807, 2.05) is 36.7 Å². The smallest absolute Gasteiger partial charge is 0.341 e. The maximum absolute atomic E-state index is 12.3. The van der Waals surface area contributed by atoms with Crippen molar-refractivity contribution in [3.05, 3.63) is 28.4 Å². The number of nitrogens with zero attached hydrogens (tertiary/aromatic N) is 1. The van der Waals surface area contributed by atoms with Crippen LogP contribution in [0.1, 0.15) is 49.3 Å². The number of ether oxygens (including phenoxy) is 1. The Morgan fingerprint density at radius 3 is 2.61 bits per heavy atom. The molecule has 1 amide bonds. The van der Waals surface area contributed by atoms with Crippen LogP contribution in [0.5, 0.6) is 0 Å². The molecule has 0 aliphatic carbocycles. The van der Waals surface area contributed by atoms with Gasteiger partial charge in [0.1, 0.15) is 4.83 Å². The number of aryl methyl sites for hydroxylation is 1. The molecular formula is C17H24N2O3S. The molecule has 0 saturated carbocycles. The second-order valence-electron chi connectivity index (χ2n) is 6.42. The molecule has 2 aromatic heterocycles. The van der Waals surface area contributed by atoms with Gasteiger partial charge in [-0.05, 0) is 32.3 Å². The lowest BCUT2D eigenvalue weighted by Gasteiger charge is -2.07. The summed E-state index contributed by atoms with van der Waals surface area (Å²) >= 11 is 1.47. The van der Waals surface area contributed by atoms with Crippen molar-refractivity contribution in [1.82, 2.24) is 9.72 Å². The highest BCUT2D eigenvalue weighted by atomic mass is 32.1. The summed E-state index contributed by atoms with van der Waals surface area (Å²) in [5.41, 5.74) is 2.35. The number of amides is 1. The lowest BCUT2D eigenvalue weighted by atomic mass is 10.2. The Bertz CT molecular complexity index is 713. The van der Waals surface area contributed by atoms with Crippen LogP contribution in [0.3, 0.4) is 0 Å². The maximum atomic E-state index is 12.3. The zero-order chi connectivity index (χ0) is 17.1. The van der Waals surface area contributed by atoms with Crippen molar-refractivity contribution < 1.29 is 14.3 Å². The van der Waals surface area contributed by atoms with Gasteiger partial charge in [-0.2, -0.15) is 0 Å². The first-order chi connectivity index (χ1) is 10.8. The van der Waals surface area contributed by atoms with Gasteiger partial charge < -0.3 is 14.5 Å². The minimum Gasteiger partial charge on any atom is -0.459 e. The first-order valence-electron chi connectivity index (χ1n) is 7.85. The van der Waals surface area contributed by atoms with E-state index in [4.69, 9.17) is 4.74 Å². The van der Waals surface area contributed by atoms with Crippen molar-refractivity contribution in [1.29, 1.82) is 0 Å². The maximum Gasteiger partial charge on any atom is 0.341 e. The van der Waals surface area contributed by atoms with Gasteiger partial charge in [0, 0.05) is 23.8 Å². The Hall–Kier alpha value is -1.82. The van der Waals surface area contributed by atoms with Crippen LogP contribution in [-0.4, -0.2) is 28.9 Å². The van der Waals surface area contributed by atoms with Gasteiger partial charge in [-0.15, -0.1) is 11.3 Å². The monoisotopic (exact) mass is 336 g/mol. The fraction of sp³-hybridized carbons (Fsp3) is 0.529. The molecule has 0 saturated heterocycles. The molecule has 0 unspecified atom stereocenters. The summed E-state index contributed by atoms with van der Waals surface area (Å²) < 4.78 is 7.24. The number of nitrogens with one attached hydrogen (secondary N) is 1. The van der Waals surface area contributed by atoms with E-state index in [0.717, 1.165) is 16.1 Å². The third-order valence-electron chi connectivity index (χ3n) is 3.36. The third kappa shape index (κ3) is 4.13. The van der Waals surface area contributed by atoms with Crippen molar-refractivity contribution >= 4 is 28.0 Å². The van der Waals surface area contributed by atoms with Gasteiger partial charge in [0.05, 0.1) is 18.1 Å². The molecule has 0 bridgehead atoms. The molecule has 0 aromatic carbocycles. The molecule has 2 rings (SSSR count). The van der Waals surface area contributed by atoms with E-state index < -0.39 is 0 Å². The van der Waals surface area contributed by atoms with Crippen LogP contribution < -0.4 is 5.32 Å². The lowest BCUT2D eigenvalue weighted by molar-refractivity contribution is -0.120. The number of thiazole rings is 1. The quantitative estimate of drug-likeness (QED) is 0.824. The average molecular weight is 336 g/mol. The van der Waals surface area contributed by atoms with Gasteiger partial charge >= 0.3 is 5.97 Å². The summed E-state index contributed by atoms with van der Waals surface area (Å²) in [6, 6.07) is 0. The summed E-state index contributed by atoms with van der Waals surface area (Å²) in [7, 11) is 0. The second kappa shape index (κ2) is 7.17. The van der Waals surface area contributed by atoms with Crippen molar-refractivity contribution in [3.8, 4) is 0 Å². The molecule has 0 aliphatic heterocycles. The Morgan fingerprint density at radius 1 is 1.30 bits per heavy atom. The highest BCUT2D eigenvalue weighted by Gasteiger charge is 2.21. The summed E-state index contributed by atoms with van der Waals surface area (Å²) in [6.07, 6.45) is 2.05. The summed E-state index contributed by atoms with van der Waals surface area (Å²) in [5.74, 6) is 0.112. The van der Waals surface area contributed by atoms with Crippen LogP contribution in [0.4, 0.5) is 0 Å². The van der Waals surface area contributed by atoms with Crippen molar-refractivity contribution in [2.75, 3.05) is 6.54 Å². The molecular weight excluding hydrogens is 312 g/mol. The van der Waals surface area contributed by atoms with E-state index in [2.05, 4.69) is 19.2 Å². The highest BCUT2D eigenvalue weighted by molar-refractivity contribution is 7.16. The Balaban J connectivity index is 2.22. The van der Waals surface area contributed by atoms with E-state index in [-0.39, 0.29) is 18.0 Å². The number of rotatable bonds is 6. The zero-order valence-corrected chi connectivity index (χ0v) is 15.1. The van der Waals surface area contributed by atoms with Gasteiger partial charge in [0.2, 0.25) is 5.91 Å². The fourth-order valence-electron chi connectivity index (χ4n) is 2.31. The van der Waals surface area contributed by atoms with Crippen LogP contribution >= 0.6 is 11.3 Å². The van der Waals surface area contributed by atoms with E-state index in [1.54, 1.807) is 0 Å². The van der Waals surface area contributed by atoms with Gasteiger partial charge in [-0.3, -0.25) is 4.79 Å². The van der Waals surface area contributed by atoms with Crippen LogP contribution in [0.25, 0.3) is 4.83 Å². The lowest BCUT2D eigenvalue weighted by Crippen LogP contribution is -2.29. The van der Waals surface area contributed by atoms with Gasteiger partial charge in [0.25, 0.3) is 0 Å². The molecule has 0 atom stereocenters. The Morgan fingerprint density at radius 2 is 2.00 bits per heavy atom. The molecule has 0 spiro atoms. The van der Waals surface area contributed by atoms with Crippen molar-refractivity contribution in [2.45, 2.75) is 47.1 Å². The molecule has 2 heterocycles. The largest absolute Gasteiger partial charge is 0.459 e. The van der Waals surface area contributed by atoms with Gasteiger partial charge in [0.15, 0.2) is 0 Å². The van der Waals surface area contributed by atoms with Gasteiger partial charge in [-0.1, -0.05) is 13.8 Å². The SMILES string of the molecule is Cc1cn2c(CC(=O)NCC(C)C)csc2c1C(=O)OC(C)C. The van der Waals surface area contributed by atoms with Crippen LogP contribution in [0, 0.1) is 12.8 Å². The van der Waals surface area contributed by atoms with Crippen molar-refractivity contribution in [3.63, 3.8) is 0 Å². The highest BCUT2D eigenvalue weighted by Crippen LogP contribution is 2.27. The number of hydrogen-bond donors (Lipinski definition) is 1. The van der Waals surface area contributed by atoms with Crippen molar-refractivity contribution in [2.24, 2.45) is 5.92 Å². The molecule has 126 valence electrons. The second-order valence-corrected chi connectivity index (χ2v) is 7.28. The third-order valence-corrected chi connectivity index (χ3v) is 4.38. The average Bonchev–Trinajstić information content (AvgIpc) is 2.94. The number of carbonyl (C=O) groups is 2. The number of fused-ring (bicyclic) bond motifs is 1. The molecule has 2 aromatic rings. The Kier molecular flexibility index (Phi) is 5.46. The van der Waals surface area contributed by atoms with E-state index in [9.17, 15) is 9.59 Å². The fourth-order valence-corrected chi connectivity index (χ4v) is 3.40. The van der Waals surface area contributed by atoms with Gasteiger partial charge in [-0.25, -0.2) is 4.79 Å². The summed E-state index contributed by atoms with van der Waals surface area (Å²) in [4.78, 5) is 25.1. The summed E-state index contributed by atoms with van der Waals surface area (Å²) in [5, 5.41) is 4.84. The number of carbonyl (C=O) groups excluding carboxylic acids is 2. The van der Waals surface area contributed by atoms with E-state index in [1.165, 1.54) is 11.3 Å². The molecule has 23 heavy (non-hydrogen) atoms. The van der Waals surface area contributed by atoms with Crippen LogP contribution in [0.15, 0.2) is 11.6 Å². The van der Waals surface area contributed by atoms with Crippen LogP contribution in [-0.2, 0) is 16.0 Å². The summed E-state index contributed by atoms with van der Waals surface area (Å²) in [6.45, 7) is 10.3. The molecule has 5 nitrogen and oxygen atoms in total. The predicted molar refractivity (Wildman–Crippen MR) is 92.1 cm³/mol. The molecule has 1 N–H and O–H groups in total. The first kappa shape index (κ1) is 17.5. The molecule has 6 heteroatoms. The molecule has 0 fully saturated rings. The minimum absolute atomic E-state index is 0.00365. The first-order valence-corrected chi connectivity index (χ1v) is 8.73. The van der Waals surface area contributed by atoms with E-state index in [0.29, 0.717) is 24.4 Å².